The van der Waals surface area contributed by atoms with Crippen LogP contribution in [0.5, 0.6) is 11.5 Å². The molecule has 32 heavy (non-hydrogen) atoms. The van der Waals surface area contributed by atoms with Crippen molar-refractivity contribution < 1.29 is 19.1 Å². The van der Waals surface area contributed by atoms with Crippen LogP contribution in [0.1, 0.15) is 12.0 Å². The molecule has 0 atom stereocenters. The Labute approximate surface area is 186 Å². The van der Waals surface area contributed by atoms with Crippen LogP contribution in [-0.2, 0) is 9.59 Å². The van der Waals surface area contributed by atoms with Crippen molar-refractivity contribution in [1.82, 2.24) is 0 Å². The third kappa shape index (κ3) is 4.46. The Morgan fingerprint density at radius 1 is 0.969 bits per heavy atom. The SMILES string of the molecule is COc1ccc(NC(=O)CN2C(=O)CC(c3ccccc3)=Nc3ccccc32)cc1OC. The van der Waals surface area contributed by atoms with Crippen LogP contribution in [0.2, 0.25) is 0 Å². The van der Waals surface area contributed by atoms with E-state index in [9.17, 15) is 9.59 Å². The van der Waals surface area contributed by atoms with E-state index in [1.54, 1.807) is 31.4 Å². The standard InChI is InChI=1S/C25H23N3O4/c1-31-22-13-12-18(14-23(22)32-2)26-24(29)16-28-21-11-7-6-10-19(21)27-20(15-25(28)30)17-8-4-3-5-9-17/h3-14H,15-16H2,1-2H3,(H,26,29). The van der Waals surface area contributed by atoms with Crippen molar-refractivity contribution in [2.45, 2.75) is 6.42 Å². The van der Waals surface area contributed by atoms with E-state index < -0.39 is 0 Å². The average Bonchev–Trinajstić information content (AvgIpc) is 2.96. The fourth-order valence-electron chi connectivity index (χ4n) is 3.57. The van der Waals surface area contributed by atoms with E-state index in [4.69, 9.17) is 14.5 Å². The molecule has 4 rings (SSSR count). The van der Waals surface area contributed by atoms with Gasteiger partial charge in [0.15, 0.2) is 11.5 Å². The smallest absolute Gasteiger partial charge is 0.244 e. The predicted octanol–water partition coefficient (Wildman–Crippen LogP) is 4.20. The number of hydrogen-bond donors (Lipinski definition) is 1. The number of methoxy groups -OCH3 is 2. The zero-order valence-electron chi connectivity index (χ0n) is 17.9. The number of hydrogen-bond acceptors (Lipinski definition) is 5. The Bertz CT molecular complexity index is 1170. The molecule has 0 unspecified atom stereocenters. The molecule has 1 aliphatic rings. The fourth-order valence-corrected chi connectivity index (χ4v) is 3.57. The van der Waals surface area contributed by atoms with Gasteiger partial charge in [0.1, 0.15) is 6.54 Å². The Balaban J connectivity index is 1.57. The quantitative estimate of drug-likeness (QED) is 0.637. The highest BCUT2D eigenvalue weighted by Gasteiger charge is 2.26. The first kappa shape index (κ1) is 21.1. The van der Waals surface area contributed by atoms with Crippen molar-refractivity contribution in [3.63, 3.8) is 0 Å². The van der Waals surface area contributed by atoms with Crippen molar-refractivity contribution in [2.24, 2.45) is 4.99 Å². The lowest BCUT2D eigenvalue weighted by atomic mass is 10.1. The van der Waals surface area contributed by atoms with Gasteiger partial charge in [0.25, 0.3) is 0 Å². The third-order valence-electron chi connectivity index (χ3n) is 5.12. The highest BCUT2D eigenvalue weighted by molar-refractivity contribution is 6.18. The maximum absolute atomic E-state index is 13.2. The first-order valence-electron chi connectivity index (χ1n) is 10.1. The van der Waals surface area contributed by atoms with Gasteiger partial charge in [0, 0.05) is 11.8 Å². The highest BCUT2D eigenvalue weighted by Crippen LogP contribution is 2.33. The summed E-state index contributed by atoms with van der Waals surface area (Å²) in [6.07, 6.45) is 0.0995. The number of rotatable bonds is 6. The number of ether oxygens (including phenoxy) is 2. The Morgan fingerprint density at radius 3 is 2.44 bits per heavy atom. The van der Waals surface area contributed by atoms with Crippen molar-refractivity contribution in [3.8, 4) is 11.5 Å². The lowest BCUT2D eigenvalue weighted by Crippen LogP contribution is -2.38. The van der Waals surface area contributed by atoms with E-state index in [1.807, 2.05) is 48.5 Å². The molecule has 0 bridgehead atoms. The van der Waals surface area contributed by atoms with Gasteiger partial charge in [-0.15, -0.1) is 0 Å². The number of fused-ring (bicyclic) bond motifs is 1. The molecule has 3 aromatic carbocycles. The number of carbonyl (C=O) groups excluding carboxylic acids is 2. The van der Waals surface area contributed by atoms with E-state index in [0.717, 1.165) is 5.56 Å². The third-order valence-corrected chi connectivity index (χ3v) is 5.12. The van der Waals surface area contributed by atoms with Crippen LogP contribution in [0, 0.1) is 0 Å². The van der Waals surface area contributed by atoms with Crippen molar-refractivity contribution in [3.05, 3.63) is 78.4 Å². The zero-order chi connectivity index (χ0) is 22.5. The fraction of sp³-hybridized carbons (Fsp3) is 0.160. The molecular formula is C25H23N3O4. The molecule has 1 N–H and O–H groups in total. The monoisotopic (exact) mass is 429 g/mol. The molecule has 0 radical (unpaired) electrons. The summed E-state index contributed by atoms with van der Waals surface area (Å²) in [6, 6.07) is 22.0. The van der Waals surface area contributed by atoms with Crippen LogP contribution in [0.3, 0.4) is 0 Å². The zero-order valence-corrected chi connectivity index (χ0v) is 17.9. The summed E-state index contributed by atoms with van der Waals surface area (Å²) in [4.78, 5) is 32.2. The van der Waals surface area contributed by atoms with Gasteiger partial charge >= 0.3 is 0 Å². The molecule has 7 heteroatoms. The number of aliphatic imine (C=N–C) groups is 1. The summed E-state index contributed by atoms with van der Waals surface area (Å²) in [5.74, 6) is 0.540. The molecule has 0 spiro atoms. The number of nitrogens with zero attached hydrogens (tertiary/aromatic N) is 2. The lowest BCUT2D eigenvalue weighted by molar-refractivity contribution is -0.120. The van der Waals surface area contributed by atoms with Gasteiger partial charge in [0.2, 0.25) is 11.8 Å². The Kier molecular flexibility index (Phi) is 6.17. The normalized spacial score (nSPS) is 13.0. The van der Waals surface area contributed by atoms with Crippen molar-refractivity contribution >= 4 is 34.6 Å². The van der Waals surface area contributed by atoms with Gasteiger partial charge in [-0.3, -0.25) is 14.6 Å². The summed E-state index contributed by atoms with van der Waals surface area (Å²) in [6.45, 7) is -0.137. The minimum atomic E-state index is -0.330. The second kappa shape index (κ2) is 9.34. The number of amides is 2. The molecule has 0 aliphatic carbocycles. The molecule has 7 nitrogen and oxygen atoms in total. The lowest BCUT2D eigenvalue weighted by Gasteiger charge is -2.22. The van der Waals surface area contributed by atoms with Gasteiger partial charge in [0.05, 0.1) is 37.7 Å². The van der Waals surface area contributed by atoms with E-state index >= 15 is 0 Å². The van der Waals surface area contributed by atoms with Crippen LogP contribution in [0.25, 0.3) is 0 Å². The molecule has 3 aromatic rings. The number of carbonyl (C=O) groups is 2. The number of anilines is 2. The van der Waals surface area contributed by atoms with Crippen LogP contribution in [-0.4, -0.2) is 38.3 Å². The summed E-state index contributed by atoms with van der Waals surface area (Å²) < 4.78 is 10.5. The second-order valence-electron chi connectivity index (χ2n) is 7.19. The van der Waals surface area contributed by atoms with Crippen LogP contribution in [0.15, 0.2) is 77.8 Å². The van der Waals surface area contributed by atoms with E-state index in [-0.39, 0.29) is 24.8 Å². The molecule has 0 fully saturated rings. The Morgan fingerprint density at radius 2 is 1.69 bits per heavy atom. The highest BCUT2D eigenvalue weighted by atomic mass is 16.5. The van der Waals surface area contributed by atoms with Gasteiger partial charge in [-0.2, -0.15) is 0 Å². The van der Waals surface area contributed by atoms with Gasteiger partial charge < -0.3 is 19.7 Å². The molecule has 162 valence electrons. The largest absolute Gasteiger partial charge is 0.493 e. The molecule has 1 aliphatic heterocycles. The minimum absolute atomic E-state index is 0.0995. The minimum Gasteiger partial charge on any atom is -0.493 e. The first-order chi connectivity index (χ1) is 15.6. The maximum Gasteiger partial charge on any atom is 0.244 e. The van der Waals surface area contributed by atoms with Crippen LogP contribution >= 0.6 is 0 Å². The van der Waals surface area contributed by atoms with Crippen molar-refractivity contribution in [1.29, 1.82) is 0 Å². The summed E-state index contributed by atoms with van der Waals surface area (Å²) in [5.41, 5.74) is 3.35. The van der Waals surface area contributed by atoms with E-state index in [0.29, 0.717) is 34.3 Å². The molecular weight excluding hydrogens is 406 g/mol. The van der Waals surface area contributed by atoms with Gasteiger partial charge in [-0.1, -0.05) is 42.5 Å². The van der Waals surface area contributed by atoms with Crippen LogP contribution < -0.4 is 19.7 Å². The average molecular weight is 429 g/mol. The van der Waals surface area contributed by atoms with Gasteiger partial charge in [-0.05, 0) is 29.8 Å². The Hall–Kier alpha value is -4.13. The molecule has 1 heterocycles. The number of para-hydroxylation sites is 2. The summed E-state index contributed by atoms with van der Waals surface area (Å²) in [5, 5.41) is 2.82. The summed E-state index contributed by atoms with van der Waals surface area (Å²) in [7, 11) is 3.07. The topological polar surface area (TPSA) is 80.2 Å². The van der Waals surface area contributed by atoms with E-state index in [1.165, 1.54) is 12.0 Å². The number of nitrogens with one attached hydrogen (secondary N) is 1. The van der Waals surface area contributed by atoms with Crippen LogP contribution in [0.4, 0.5) is 17.1 Å². The van der Waals surface area contributed by atoms with Gasteiger partial charge in [-0.25, -0.2) is 0 Å². The number of benzene rings is 3. The molecule has 2 amide bonds. The molecule has 0 saturated heterocycles. The second-order valence-corrected chi connectivity index (χ2v) is 7.19. The predicted molar refractivity (Wildman–Crippen MR) is 124 cm³/mol. The maximum atomic E-state index is 13.2. The molecule has 0 saturated carbocycles. The first-order valence-corrected chi connectivity index (χ1v) is 10.1. The molecule has 0 aromatic heterocycles. The van der Waals surface area contributed by atoms with Crippen molar-refractivity contribution in [2.75, 3.05) is 31.0 Å². The van der Waals surface area contributed by atoms with E-state index in [2.05, 4.69) is 5.32 Å². The summed E-state index contributed by atoms with van der Waals surface area (Å²) >= 11 is 0.